The van der Waals surface area contributed by atoms with E-state index >= 15 is 0 Å². The van der Waals surface area contributed by atoms with Crippen LogP contribution in [0.3, 0.4) is 0 Å². The Kier molecular flexibility index (Phi) is 3.24. The van der Waals surface area contributed by atoms with Crippen molar-refractivity contribution in [3.63, 3.8) is 0 Å². The highest BCUT2D eigenvalue weighted by Gasteiger charge is 2.59. The van der Waals surface area contributed by atoms with Gasteiger partial charge < -0.3 is 4.74 Å². The monoisotopic (exact) mass is 265 g/mol. The van der Waals surface area contributed by atoms with Gasteiger partial charge in [0.05, 0.1) is 17.9 Å². The van der Waals surface area contributed by atoms with Crippen LogP contribution < -0.4 is 5.32 Å². The van der Waals surface area contributed by atoms with Crippen LogP contribution in [0.4, 0.5) is 13.2 Å². The van der Waals surface area contributed by atoms with E-state index in [2.05, 4.69) is 5.32 Å². The maximum absolute atomic E-state index is 12.9. The summed E-state index contributed by atoms with van der Waals surface area (Å²) in [5, 5.41) is 3.89. The third-order valence-electron chi connectivity index (χ3n) is 2.52. The standard InChI is InChI=1S/C10H10F3NO2S/c11-10(12,13)9(14-3-4-16-9)6-7(15)8-2-1-5-17-8/h1-2,5,14H,3-4,6H2/t9-/m1/s1. The van der Waals surface area contributed by atoms with Gasteiger partial charge in [0, 0.05) is 6.54 Å². The zero-order valence-corrected chi connectivity index (χ0v) is 9.53. The van der Waals surface area contributed by atoms with E-state index < -0.39 is 24.1 Å². The first-order valence-electron chi connectivity index (χ1n) is 4.97. The number of nitrogens with one attached hydrogen (secondary N) is 1. The minimum absolute atomic E-state index is 0.0444. The summed E-state index contributed by atoms with van der Waals surface area (Å²) in [5.74, 6) is -0.563. The number of thiophene rings is 1. The molecule has 1 aromatic rings. The van der Waals surface area contributed by atoms with Crippen molar-refractivity contribution in [1.82, 2.24) is 5.32 Å². The first-order valence-corrected chi connectivity index (χ1v) is 5.85. The Bertz CT molecular complexity index is 396. The lowest BCUT2D eigenvalue weighted by Gasteiger charge is -2.30. The van der Waals surface area contributed by atoms with Gasteiger partial charge in [-0.05, 0) is 11.4 Å². The highest BCUT2D eigenvalue weighted by atomic mass is 32.1. The minimum atomic E-state index is -4.60. The highest BCUT2D eigenvalue weighted by molar-refractivity contribution is 7.12. The van der Waals surface area contributed by atoms with Crippen LogP contribution in [-0.4, -0.2) is 30.8 Å². The molecule has 1 saturated heterocycles. The average Bonchev–Trinajstić information content (AvgIpc) is 2.86. The molecule has 1 N–H and O–H groups in total. The van der Waals surface area contributed by atoms with Gasteiger partial charge in [-0.2, -0.15) is 13.2 Å². The molecule has 1 atom stereocenters. The second kappa shape index (κ2) is 4.40. The molecule has 0 unspecified atom stereocenters. The molecule has 0 aromatic carbocycles. The smallest absolute Gasteiger partial charge is 0.350 e. The molecule has 0 radical (unpaired) electrons. The van der Waals surface area contributed by atoms with Crippen LogP contribution in [0.1, 0.15) is 16.1 Å². The Morgan fingerprint density at radius 2 is 2.35 bits per heavy atom. The second-order valence-electron chi connectivity index (χ2n) is 3.68. The molecule has 94 valence electrons. The maximum Gasteiger partial charge on any atom is 0.431 e. The van der Waals surface area contributed by atoms with E-state index in [1.54, 1.807) is 11.4 Å². The molecule has 1 aliphatic heterocycles. The predicted octanol–water partition coefficient (Wildman–Crippen LogP) is 2.20. The van der Waals surface area contributed by atoms with Crippen LogP contribution in [0, 0.1) is 0 Å². The summed E-state index contributed by atoms with van der Waals surface area (Å²) in [5.41, 5.74) is -2.52. The third kappa shape index (κ3) is 2.36. The van der Waals surface area contributed by atoms with Gasteiger partial charge >= 0.3 is 6.18 Å². The van der Waals surface area contributed by atoms with Crippen LogP contribution in [0.2, 0.25) is 0 Å². The number of hydrogen-bond donors (Lipinski definition) is 1. The molecule has 1 fully saturated rings. The average molecular weight is 265 g/mol. The van der Waals surface area contributed by atoms with Gasteiger partial charge in [0.25, 0.3) is 0 Å². The number of carbonyl (C=O) groups excluding carboxylic acids is 1. The Labute approximate surface area is 99.6 Å². The van der Waals surface area contributed by atoms with Crippen molar-refractivity contribution in [3.8, 4) is 0 Å². The van der Waals surface area contributed by atoms with E-state index in [0.717, 1.165) is 11.3 Å². The van der Waals surface area contributed by atoms with Gasteiger partial charge in [-0.25, -0.2) is 0 Å². The molecule has 3 nitrogen and oxygen atoms in total. The second-order valence-corrected chi connectivity index (χ2v) is 4.62. The molecule has 0 amide bonds. The quantitative estimate of drug-likeness (QED) is 0.851. The van der Waals surface area contributed by atoms with Crippen molar-refractivity contribution >= 4 is 17.1 Å². The number of ketones is 1. The van der Waals surface area contributed by atoms with Gasteiger partial charge in [0.1, 0.15) is 0 Å². The molecule has 0 saturated carbocycles. The van der Waals surface area contributed by atoms with Crippen molar-refractivity contribution in [1.29, 1.82) is 0 Å². The van der Waals surface area contributed by atoms with E-state index in [-0.39, 0.29) is 13.2 Å². The van der Waals surface area contributed by atoms with E-state index in [9.17, 15) is 18.0 Å². The first-order chi connectivity index (χ1) is 7.95. The molecule has 1 aliphatic rings. The summed E-state index contributed by atoms with van der Waals surface area (Å²) < 4.78 is 43.4. The molecule has 0 spiro atoms. The van der Waals surface area contributed by atoms with Crippen molar-refractivity contribution in [2.45, 2.75) is 18.3 Å². The fraction of sp³-hybridized carbons (Fsp3) is 0.500. The van der Waals surface area contributed by atoms with Crippen LogP contribution >= 0.6 is 11.3 Å². The van der Waals surface area contributed by atoms with Gasteiger partial charge in [0.15, 0.2) is 5.78 Å². The molecule has 1 aromatic heterocycles. The van der Waals surface area contributed by atoms with Crippen molar-refractivity contribution in [2.24, 2.45) is 0 Å². The molecular formula is C10H10F3NO2S. The zero-order chi connectivity index (χ0) is 12.5. The number of hydrogen-bond acceptors (Lipinski definition) is 4. The molecule has 17 heavy (non-hydrogen) atoms. The predicted molar refractivity (Wildman–Crippen MR) is 56.0 cm³/mol. The van der Waals surface area contributed by atoms with Crippen LogP contribution in [-0.2, 0) is 4.74 Å². The summed E-state index contributed by atoms with van der Waals surface area (Å²) in [4.78, 5) is 12.0. The molecule has 0 aliphatic carbocycles. The summed E-state index contributed by atoms with van der Waals surface area (Å²) in [6.07, 6.45) is -5.33. The summed E-state index contributed by atoms with van der Waals surface area (Å²) in [6.45, 7) is 0.0501. The van der Waals surface area contributed by atoms with Gasteiger partial charge in [-0.15, -0.1) is 11.3 Å². The van der Waals surface area contributed by atoms with Gasteiger partial charge in [-0.3, -0.25) is 10.1 Å². The Hall–Kier alpha value is -0.920. The maximum atomic E-state index is 12.9. The topological polar surface area (TPSA) is 38.3 Å². The number of carbonyl (C=O) groups is 1. The molecule has 0 bridgehead atoms. The van der Waals surface area contributed by atoms with E-state index in [1.807, 2.05) is 0 Å². The van der Waals surface area contributed by atoms with Crippen molar-refractivity contribution in [3.05, 3.63) is 22.4 Å². The van der Waals surface area contributed by atoms with Crippen molar-refractivity contribution < 1.29 is 22.7 Å². The first kappa shape index (κ1) is 12.5. The summed E-state index contributed by atoms with van der Waals surface area (Å²) in [7, 11) is 0. The Balaban J connectivity index is 2.17. The summed E-state index contributed by atoms with van der Waals surface area (Å²) >= 11 is 1.12. The Morgan fingerprint density at radius 3 is 2.82 bits per heavy atom. The van der Waals surface area contributed by atoms with Crippen LogP contribution in [0.15, 0.2) is 17.5 Å². The molecule has 2 heterocycles. The van der Waals surface area contributed by atoms with Gasteiger partial charge in [-0.1, -0.05) is 6.07 Å². The number of halogens is 3. The zero-order valence-electron chi connectivity index (χ0n) is 8.71. The third-order valence-corrected chi connectivity index (χ3v) is 3.44. The van der Waals surface area contributed by atoms with E-state index in [4.69, 9.17) is 4.74 Å². The fourth-order valence-electron chi connectivity index (χ4n) is 1.68. The number of Topliss-reactive ketones (excluding diaryl/α,β-unsaturated/α-hetero) is 1. The summed E-state index contributed by atoms with van der Waals surface area (Å²) in [6, 6.07) is 3.13. The lowest BCUT2D eigenvalue weighted by Crippen LogP contribution is -2.55. The molecule has 2 rings (SSSR count). The largest absolute Gasteiger partial charge is 0.431 e. The van der Waals surface area contributed by atoms with Crippen LogP contribution in [0.5, 0.6) is 0 Å². The molecular weight excluding hydrogens is 255 g/mol. The number of alkyl halides is 3. The van der Waals surface area contributed by atoms with Crippen LogP contribution in [0.25, 0.3) is 0 Å². The molecule has 7 heteroatoms. The van der Waals surface area contributed by atoms with Gasteiger partial charge in [0.2, 0.25) is 5.72 Å². The SMILES string of the molecule is O=C(C[C@@]1(C(F)(F)F)NCCO1)c1cccs1. The lowest BCUT2D eigenvalue weighted by atomic mass is 10.1. The van der Waals surface area contributed by atoms with Crippen molar-refractivity contribution in [2.75, 3.05) is 13.2 Å². The number of ether oxygens (including phenoxy) is 1. The fourth-order valence-corrected chi connectivity index (χ4v) is 2.34. The van der Waals surface area contributed by atoms with E-state index in [1.165, 1.54) is 6.07 Å². The highest BCUT2D eigenvalue weighted by Crippen LogP contribution is 2.37. The number of rotatable bonds is 3. The van der Waals surface area contributed by atoms with E-state index in [0.29, 0.717) is 4.88 Å². The normalized spacial score (nSPS) is 25.1. The minimum Gasteiger partial charge on any atom is -0.350 e. The Morgan fingerprint density at radius 1 is 1.59 bits per heavy atom. The lowest BCUT2D eigenvalue weighted by molar-refractivity contribution is -0.268.